The molecule has 0 amide bonds. The van der Waals surface area contributed by atoms with E-state index in [1.54, 1.807) is 0 Å². The lowest BCUT2D eigenvalue weighted by atomic mass is 10.1. The summed E-state index contributed by atoms with van der Waals surface area (Å²) in [6.45, 7) is 1.52. The van der Waals surface area contributed by atoms with Crippen molar-refractivity contribution in [1.82, 2.24) is 0 Å². The molecule has 0 aromatic heterocycles. The van der Waals surface area contributed by atoms with Crippen molar-refractivity contribution in [3.63, 3.8) is 0 Å². The quantitative estimate of drug-likeness (QED) is 0.895. The van der Waals surface area contributed by atoms with Crippen LogP contribution in [0.2, 0.25) is 0 Å². The Labute approximate surface area is 97.2 Å². The predicted octanol–water partition coefficient (Wildman–Crippen LogP) is 2.52. The van der Waals surface area contributed by atoms with Crippen molar-refractivity contribution in [3.05, 3.63) is 28.2 Å². The molecule has 2 rings (SSSR count). The van der Waals surface area contributed by atoms with Crippen LogP contribution in [0.1, 0.15) is 12.0 Å². The van der Waals surface area contributed by atoms with Crippen molar-refractivity contribution in [2.75, 3.05) is 18.5 Å². The van der Waals surface area contributed by atoms with Gasteiger partial charge in [0.25, 0.3) is 0 Å². The average Bonchev–Trinajstić information content (AvgIpc) is 2.71. The third-order valence-electron chi connectivity index (χ3n) is 2.39. The van der Waals surface area contributed by atoms with Gasteiger partial charge in [0.2, 0.25) is 0 Å². The number of nitrogens with one attached hydrogen (secondary N) is 1. The van der Waals surface area contributed by atoms with Gasteiger partial charge in [-0.25, -0.2) is 0 Å². The van der Waals surface area contributed by atoms with Gasteiger partial charge in [-0.2, -0.15) is 5.26 Å². The van der Waals surface area contributed by atoms with Crippen molar-refractivity contribution in [1.29, 1.82) is 5.26 Å². The lowest BCUT2D eigenvalue weighted by molar-refractivity contribution is 0.195. The number of anilines is 1. The molecule has 0 aliphatic carbocycles. The highest BCUT2D eigenvalue weighted by atomic mass is 79.9. The van der Waals surface area contributed by atoms with E-state index in [-0.39, 0.29) is 0 Å². The fourth-order valence-electron chi connectivity index (χ4n) is 1.60. The Hall–Kier alpha value is -1.05. The summed E-state index contributed by atoms with van der Waals surface area (Å²) in [6.07, 6.45) is 0.997. The molecule has 1 aliphatic rings. The summed E-state index contributed by atoms with van der Waals surface area (Å²) in [5.41, 5.74) is 1.55. The summed E-state index contributed by atoms with van der Waals surface area (Å²) in [5, 5.41) is 12.3. The van der Waals surface area contributed by atoms with Crippen LogP contribution in [0.25, 0.3) is 0 Å². The van der Waals surface area contributed by atoms with Crippen molar-refractivity contribution >= 4 is 21.6 Å². The molecule has 78 valence electrons. The van der Waals surface area contributed by atoms with Crippen molar-refractivity contribution in [2.45, 2.75) is 12.5 Å². The van der Waals surface area contributed by atoms with Gasteiger partial charge in [0.05, 0.1) is 23.9 Å². The summed E-state index contributed by atoms with van der Waals surface area (Å²) < 4.78 is 6.25. The first-order chi connectivity index (χ1) is 7.29. The highest BCUT2D eigenvalue weighted by Gasteiger charge is 2.16. The molecule has 1 unspecified atom stereocenters. The Bertz CT molecular complexity index is 394. The molecule has 1 aliphatic heterocycles. The van der Waals surface area contributed by atoms with Crippen molar-refractivity contribution in [3.8, 4) is 6.07 Å². The van der Waals surface area contributed by atoms with E-state index in [1.807, 2.05) is 18.2 Å². The zero-order valence-corrected chi connectivity index (χ0v) is 9.75. The maximum absolute atomic E-state index is 8.95. The van der Waals surface area contributed by atoms with E-state index in [0.717, 1.165) is 29.8 Å². The summed E-state index contributed by atoms with van der Waals surface area (Å²) in [6, 6.07) is 8.10. The number of hydrogen-bond donors (Lipinski definition) is 1. The van der Waals surface area contributed by atoms with Crippen LogP contribution in [-0.2, 0) is 4.74 Å². The second-order valence-corrected chi connectivity index (χ2v) is 4.42. The van der Waals surface area contributed by atoms with Crippen LogP contribution in [-0.4, -0.2) is 19.3 Å². The molecule has 1 saturated heterocycles. The number of benzene rings is 1. The number of ether oxygens (including phenoxy) is 1. The van der Waals surface area contributed by atoms with E-state index in [1.165, 1.54) is 0 Å². The topological polar surface area (TPSA) is 45.0 Å². The summed E-state index contributed by atoms with van der Waals surface area (Å²) in [7, 11) is 0. The Morgan fingerprint density at radius 2 is 2.40 bits per heavy atom. The monoisotopic (exact) mass is 266 g/mol. The predicted molar refractivity (Wildman–Crippen MR) is 61.7 cm³/mol. The highest BCUT2D eigenvalue weighted by Crippen LogP contribution is 2.22. The van der Waals surface area contributed by atoms with Crippen LogP contribution in [0.3, 0.4) is 0 Å². The van der Waals surface area contributed by atoms with Crippen LogP contribution < -0.4 is 5.32 Å². The smallest absolute Gasteiger partial charge is 0.101 e. The molecule has 0 saturated carbocycles. The number of nitrogens with zero attached hydrogens (tertiary/aromatic N) is 1. The van der Waals surface area contributed by atoms with Crippen molar-refractivity contribution < 1.29 is 4.74 Å². The largest absolute Gasteiger partial charge is 0.379 e. The first kappa shape index (κ1) is 10.5. The van der Waals surface area contributed by atoms with E-state index in [9.17, 15) is 0 Å². The molecule has 1 aromatic rings. The lowest BCUT2D eigenvalue weighted by Crippen LogP contribution is -2.19. The average molecular weight is 267 g/mol. The van der Waals surface area contributed by atoms with Crippen LogP contribution in [0.4, 0.5) is 5.69 Å². The minimum absolute atomic E-state index is 0.325. The number of hydrogen-bond acceptors (Lipinski definition) is 3. The molecule has 1 atom stereocenters. The van der Waals surface area contributed by atoms with Gasteiger partial charge in [-0.1, -0.05) is 15.9 Å². The molecule has 0 bridgehead atoms. The molecule has 1 N–H and O–H groups in total. The zero-order valence-electron chi connectivity index (χ0n) is 8.16. The third kappa shape index (κ3) is 2.49. The van der Waals surface area contributed by atoms with E-state index in [0.29, 0.717) is 11.6 Å². The molecule has 3 nitrogen and oxygen atoms in total. The van der Waals surface area contributed by atoms with Crippen molar-refractivity contribution in [2.24, 2.45) is 0 Å². The molecule has 1 aromatic carbocycles. The van der Waals surface area contributed by atoms with Gasteiger partial charge in [0.15, 0.2) is 0 Å². The number of nitriles is 1. The van der Waals surface area contributed by atoms with E-state index in [4.69, 9.17) is 10.00 Å². The lowest BCUT2D eigenvalue weighted by Gasteiger charge is -2.13. The number of halogens is 1. The minimum atomic E-state index is 0.325. The Kier molecular flexibility index (Phi) is 3.24. The van der Waals surface area contributed by atoms with Gasteiger partial charge in [-0.15, -0.1) is 0 Å². The Morgan fingerprint density at radius 1 is 1.53 bits per heavy atom. The van der Waals surface area contributed by atoms with E-state index >= 15 is 0 Å². The Morgan fingerprint density at radius 3 is 3.07 bits per heavy atom. The Balaban J connectivity index is 2.18. The maximum Gasteiger partial charge on any atom is 0.101 e. The molecule has 1 fully saturated rings. The first-order valence-electron chi connectivity index (χ1n) is 4.83. The fourth-order valence-corrected chi connectivity index (χ4v) is 1.96. The normalized spacial score (nSPS) is 19.9. The molecular formula is C11H11BrN2O. The van der Waals surface area contributed by atoms with Crippen LogP contribution in [0, 0.1) is 11.3 Å². The number of rotatable bonds is 2. The molecule has 4 heteroatoms. The van der Waals surface area contributed by atoms with E-state index < -0.39 is 0 Å². The van der Waals surface area contributed by atoms with Crippen LogP contribution in [0.5, 0.6) is 0 Å². The molecule has 0 spiro atoms. The zero-order chi connectivity index (χ0) is 10.7. The van der Waals surface area contributed by atoms with Gasteiger partial charge in [-0.05, 0) is 24.6 Å². The highest BCUT2D eigenvalue weighted by molar-refractivity contribution is 9.10. The summed E-state index contributed by atoms with van der Waals surface area (Å²) in [5.74, 6) is 0. The summed E-state index contributed by atoms with van der Waals surface area (Å²) in [4.78, 5) is 0. The fraction of sp³-hybridized carbons (Fsp3) is 0.364. The van der Waals surface area contributed by atoms with Gasteiger partial charge >= 0.3 is 0 Å². The van der Waals surface area contributed by atoms with E-state index in [2.05, 4.69) is 27.3 Å². The van der Waals surface area contributed by atoms with Gasteiger partial charge in [0, 0.05) is 11.1 Å². The maximum atomic E-state index is 8.95. The second kappa shape index (κ2) is 4.65. The van der Waals surface area contributed by atoms with Gasteiger partial charge < -0.3 is 10.1 Å². The molecular weight excluding hydrogens is 256 g/mol. The van der Waals surface area contributed by atoms with Gasteiger partial charge in [0.1, 0.15) is 6.07 Å². The summed E-state index contributed by atoms with van der Waals surface area (Å²) >= 11 is 3.39. The second-order valence-electron chi connectivity index (χ2n) is 3.51. The molecule has 15 heavy (non-hydrogen) atoms. The van der Waals surface area contributed by atoms with Crippen LogP contribution >= 0.6 is 15.9 Å². The minimum Gasteiger partial charge on any atom is -0.379 e. The third-order valence-corrected chi connectivity index (χ3v) is 2.88. The van der Waals surface area contributed by atoms with Crippen LogP contribution in [0.15, 0.2) is 22.7 Å². The standard InChI is InChI=1S/C11H11BrN2O/c12-9-2-1-8(6-13)11(5-9)14-10-3-4-15-7-10/h1-2,5,10,14H,3-4,7H2. The molecule has 0 radical (unpaired) electrons. The SMILES string of the molecule is N#Cc1ccc(Br)cc1NC1CCOC1. The van der Waals surface area contributed by atoms with Gasteiger partial charge in [-0.3, -0.25) is 0 Å². The first-order valence-corrected chi connectivity index (χ1v) is 5.63. The molecule has 1 heterocycles.